The van der Waals surface area contributed by atoms with Crippen LogP contribution in [0.5, 0.6) is 5.75 Å². The van der Waals surface area contributed by atoms with Gasteiger partial charge in [-0.15, -0.1) is 11.8 Å². The average Bonchev–Trinajstić information content (AvgIpc) is 2.82. The fourth-order valence-electron chi connectivity index (χ4n) is 3.23. The van der Waals surface area contributed by atoms with Gasteiger partial charge < -0.3 is 10.1 Å². The van der Waals surface area contributed by atoms with Crippen molar-refractivity contribution in [1.29, 1.82) is 0 Å². The van der Waals surface area contributed by atoms with Gasteiger partial charge in [0, 0.05) is 17.2 Å². The highest BCUT2D eigenvalue weighted by Gasteiger charge is 2.27. The molecule has 0 saturated carbocycles. The number of anilines is 1. The highest BCUT2D eigenvalue weighted by atomic mass is 32.2. The topological polar surface area (TPSA) is 75.7 Å². The third-order valence-corrected chi connectivity index (χ3v) is 7.78. The van der Waals surface area contributed by atoms with Crippen molar-refractivity contribution >= 4 is 33.4 Å². The second-order valence-electron chi connectivity index (χ2n) is 7.49. The molecule has 0 aliphatic heterocycles. The first kappa shape index (κ1) is 24.7. The standard InChI is InChI=1S/C25H28N2O4S2/c1-19-9-11-22(12-10-19)32-16-15-26-25(28)18-27(21-7-5-4-6-8-21)33(29,30)23-13-14-24(31-3)20(2)17-23/h4-14,17H,15-16,18H2,1-3H3,(H,26,28). The molecular weight excluding hydrogens is 456 g/mol. The number of hydrogen-bond donors (Lipinski definition) is 1. The number of carbonyl (C=O) groups excluding carboxylic acids is 1. The molecule has 0 atom stereocenters. The Hall–Kier alpha value is -2.97. The molecule has 1 N–H and O–H groups in total. The Balaban J connectivity index is 1.71. The molecule has 0 bridgehead atoms. The summed E-state index contributed by atoms with van der Waals surface area (Å²) in [4.78, 5) is 13.9. The van der Waals surface area contributed by atoms with Crippen LogP contribution in [0.25, 0.3) is 0 Å². The number of amides is 1. The normalized spacial score (nSPS) is 11.1. The van der Waals surface area contributed by atoms with Crippen LogP contribution in [0.15, 0.2) is 82.6 Å². The summed E-state index contributed by atoms with van der Waals surface area (Å²) < 4.78 is 33.3. The largest absolute Gasteiger partial charge is 0.496 e. The third kappa shape index (κ3) is 6.52. The quantitative estimate of drug-likeness (QED) is 0.341. The molecule has 8 heteroatoms. The van der Waals surface area contributed by atoms with Crippen molar-refractivity contribution in [2.45, 2.75) is 23.6 Å². The molecule has 0 fully saturated rings. The molecule has 174 valence electrons. The Morgan fingerprint density at radius 2 is 1.70 bits per heavy atom. The maximum absolute atomic E-state index is 13.5. The number of thioether (sulfide) groups is 1. The van der Waals surface area contributed by atoms with E-state index >= 15 is 0 Å². The van der Waals surface area contributed by atoms with E-state index < -0.39 is 10.0 Å². The van der Waals surface area contributed by atoms with Gasteiger partial charge in [0.1, 0.15) is 12.3 Å². The number of benzene rings is 3. The molecule has 6 nitrogen and oxygen atoms in total. The number of hydrogen-bond acceptors (Lipinski definition) is 5. The molecule has 0 radical (unpaired) electrons. The number of methoxy groups -OCH3 is 1. The van der Waals surface area contributed by atoms with E-state index in [1.165, 1.54) is 18.7 Å². The van der Waals surface area contributed by atoms with Crippen LogP contribution in [-0.4, -0.2) is 40.3 Å². The minimum Gasteiger partial charge on any atom is -0.496 e. The second-order valence-corrected chi connectivity index (χ2v) is 10.5. The van der Waals surface area contributed by atoms with Crippen LogP contribution in [0, 0.1) is 13.8 Å². The number of ether oxygens (including phenoxy) is 1. The number of para-hydroxylation sites is 1. The number of nitrogens with zero attached hydrogens (tertiary/aromatic N) is 1. The van der Waals surface area contributed by atoms with Gasteiger partial charge in [0.05, 0.1) is 17.7 Å². The molecule has 0 aromatic heterocycles. The van der Waals surface area contributed by atoms with Gasteiger partial charge in [0.2, 0.25) is 5.91 Å². The monoisotopic (exact) mass is 484 g/mol. The first-order chi connectivity index (χ1) is 15.8. The number of aryl methyl sites for hydroxylation is 2. The molecule has 0 aliphatic carbocycles. The molecular formula is C25H28N2O4S2. The molecule has 1 amide bonds. The lowest BCUT2D eigenvalue weighted by molar-refractivity contribution is -0.119. The Morgan fingerprint density at radius 1 is 1.00 bits per heavy atom. The average molecular weight is 485 g/mol. The van der Waals surface area contributed by atoms with Crippen molar-refractivity contribution in [2.75, 3.05) is 30.3 Å². The maximum atomic E-state index is 13.5. The van der Waals surface area contributed by atoms with E-state index in [1.807, 2.05) is 31.2 Å². The van der Waals surface area contributed by atoms with E-state index in [9.17, 15) is 13.2 Å². The second kappa shape index (κ2) is 11.2. The maximum Gasteiger partial charge on any atom is 0.264 e. The summed E-state index contributed by atoms with van der Waals surface area (Å²) in [6, 6.07) is 21.5. The lowest BCUT2D eigenvalue weighted by Crippen LogP contribution is -2.41. The van der Waals surface area contributed by atoms with Crippen molar-refractivity contribution in [3.05, 3.63) is 83.9 Å². The van der Waals surface area contributed by atoms with Gasteiger partial charge in [-0.2, -0.15) is 0 Å². The summed E-state index contributed by atoms with van der Waals surface area (Å²) in [6.45, 7) is 3.94. The molecule has 0 aliphatic rings. The zero-order valence-electron chi connectivity index (χ0n) is 18.9. The number of nitrogens with one attached hydrogen (secondary N) is 1. The highest BCUT2D eigenvalue weighted by Crippen LogP contribution is 2.27. The predicted molar refractivity (Wildman–Crippen MR) is 134 cm³/mol. The molecule has 0 spiro atoms. The third-order valence-electron chi connectivity index (χ3n) is 5.00. The van der Waals surface area contributed by atoms with Gasteiger partial charge in [-0.3, -0.25) is 9.10 Å². The Bertz CT molecular complexity index is 1180. The van der Waals surface area contributed by atoms with Crippen LogP contribution in [0.3, 0.4) is 0 Å². The molecule has 33 heavy (non-hydrogen) atoms. The molecule has 3 aromatic rings. The van der Waals surface area contributed by atoms with Crippen LogP contribution in [0.2, 0.25) is 0 Å². The van der Waals surface area contributed by atoms with Gasteiger partial charge in [0.15, 0.2) is 0 Å². The first-order valence-corrected chi connectivity index (χ1v) is 12.9. The van der Waals surface area contributed by atoms with E-state index in [4.69, 9.17) is 4.74 Å². The highest BCUT2D eigenvalue weighted by molar-refractivity contribution is 7.99. The Labute approximate surface area is 200 Å². The zero-order chi connectivity index (χ0) is 23.8. The van der Waals surface area contributed by atoms with E-state index in [0.717, 1.165) is 9.20 Å². The van der Waals surface area contributed by atoms with Crippen LogP contribution >= 0.6 is 11.8 Å². The summed E-state index contributed by atoms with van der Waals surface area (Å²) in [5, 5.41) is 2.83. The number of rotatable bonds is 10. The van der Waals surface area contributed by atoms with Crippen molar-refractivity contribution in [3.63, 3.8) is 0 Å². The lowest BCUT2D eigenvalue weighted by Gasteiger charge is -2.24. The number of sulfonamides is 1. The van der Waals surface area contributed by atoms with E-state index in [1.54, 1.807) is 61.2 Å². The number of carbonyl (C=O) groups is 1. The molecule has 3 rings (SSSR count). The first-order valence-electron chi connectivity index (χ1n) is 10.5. The van der Waals surface area contributed by atoms with Crippen molar-refractivity contribution in [2.24, 2.45) is 0 Å². The van der Waals surface area contributed by atoms with Gasteiger partial charge >= 0.3 is 0 Å². The lowest BCUT2D eigenvalue weighted by atomic mass is 10.2. The minimum atomic E-state index is -3.96. The van der Waals surface area contributed by atoms with Crippen LogP contribution in [0.1, 0.15) is 11.1 Å². The van der Waals surface area contributed by atoms with Crippen molar-refractivity contribution in [1.82, 2.24) is 5.32 Å². The smallest absolute Gasteiger partial charge is 0.264 e. The fourth-order valence-corrected chi connectivity index (χ4v) is 5.50. The van der Waals surface area contributed by atoms with Gasteiger partial charge in [-0.05, 0) is 61.9 Å². The van der Waals surface area contributed by atoms with Crippen LogP contribution in [-0.2, 0) is 14.8 Å². The predicted octanol–water partition coefficient (Wildman–Crippen LogP) is 4.42. The van der Waals surface area contributed by atoms with Crippen molar-refractivity contribution < 1.29 is 17.9 Å². The van der Waals surface area contributed by atoms with Gasteiger partial charge in [-0.25, -0.2) is 8.42 Å². The summed E-state index contributed by atoms with van der Waals surface area (Å²) in [7, 11) is -2.43. The molecule has 0 unspecified atom stereocenters. The SMILES string of the molecule is COc1ccc(S(=O)(=O)N(CC(=O)NCCSc2ccc(C)cc2)c2ccccc2)cc1C. The fraction of sp³-hybridized carbons (Fsp3) is 0.240. The Morgan fingerprint density at radius 3 is 2.33 bits per heavy atom. The summed E-state index contributed by atoms with van der Waals surface area (Å²) in [5.74, 6) is 0.922. The zero-order valence-corrected chi connectivity index (χ0v) is 20.6. The van der Waals surface area contributed by atoms with Gasteiger partial charge in [0.25, 0.3) is 10.0 Å². The van der Waals surface area contributed by atoms with E-state index in [-0.39, 0.29) is 17.3 Å². The van der Waals surface area contributed by atoms with Crippen LogP contribution < -0.4 is 14.4 Å². The van der Waals surface area contributed by atoms with Crippen LogP contribution in [0.4, 0.5) is 5.69 Å². The minimum absolute atomic E-state index is 0.104. The van der Waals surface area contributed by atoms with Crippen molar-refractivity contribution in [3.8, 4) is 5.75 Å². The van der Waals surface area contributed by atoms with Gasteiger partial charge in [-0.1, -0.05) is 35.9 Å². The molecule has 0 saturated heterocycles. The summed E-state index contributed by atoms with van der Waals surface area (Å²) in [6.07, 6.45) is 0. The molecule has 0 heterocycles. The summed E-state index contributed by atoms with van der Waals surface area (Å²) in [5.41, 5.74) is 2.32. The van der Waals surface area contributed by atoms with E-state index in [0.29, 0.717) is 29.3 Å². The summed E-state index contributed by atoms with van der Waals surface area (Å²) >= 11 is 1.64. The Kier molecular flexibility index (Phi) is 8.41. The molecule has 3 aromatic carbocycles. The van der Waals surface area contributed by atoms with E-state index in [2.05, 4.69) is 5.32 Å².